The fraction of sp³-hybridized carbons (Fsp3) is 0.192. The van der Waals surface area contributed by atoms with Crippen LogP contribution in [0, 0.1) is 0 Å². The number of urea groups is 1. The van der Waals surface area contributed by atoms with Crippen molar-refractivity contribution in [3.63, 3.8) is 0 Å². The average molecular weight is 491 g/mol. The Hall–Kier alpha value is -4.04. The molecule has 1 aliphatic heterocycles. The van der Waals surface area contributed by atoms with Crippen LogP contribution in [0.1, 0.15) is 12.0 Å². The molecule has 3 aromatic carbocycles. The van der Waals surface area contributed by atoms with E-state index in [2.05, 4.69) is 15.3 Å². The Labute approximate surface area is 207 Å². The molecular weight excluding hydrogens is 468 g/mol. The Morgan fingerprint density at radius 1 is 1.03 bits per heavy atom. The molecule has 0 saturated carbocycles. The number of ether oxygens (including phenoxy) is 3. The summed E-state index contributed by atoms with van der Waals surface area (Å²) in [5.41, 5.74) is 3.20. The van der Waals surface area contributed by atoms with Crippen molar-refractivity contribution in [3.8, 4) is 23.1 Å². The van der Waals surface area contributed by atoms with Crippen molar-refractivity contribution in [2.45, 2.75) is 12.8 Å². The monoisotopic (exact) mass is 490 g/mol. The molecule has 0 radical (unpaired) electrons. The van der Waals surface area contributed by atoms with Gasteiger partial charge in [0.15, 0.2) is 11.5 Å². The topological polar surface area (TPSA) is 85.8 Å². The van der Waals surface area contributed by atoms with Crippen molar-refractivity contribution >= 4 is 39.9 Å². The van der Waals surface area contributed by atoms with Crippen LogP contribution in [-0.2, 0) is 6.42 Å². The lowest BCUT2D eigenvalue weighted by atomic mass is 10.0. The maximum Gasteiger partial charge on any atom is 0.326 e. The SMILES string of the molecule is COc1cc2ncnc(Oc3ccc4c(c3)CCCN4C(=O)Nc3cccc(Cl)c3)c2cc1OC. The van der Waals surface area contributed by atoms with Gasteiger partial charge in [-0.05, 0) is 60.9 Å². The zero-order chi connectivity index (χ0) is 24.4. The maximum atomic E-state index is 13.0. The molecule has 4 aromatic rings. The van der Waals surface area contributed by atoms with Gasteiger partial charge in [-0.15, -0.1) is 0 Å². The largest absolute Gasteiger partial charge is 0.493 e. The van der Waals surface area contributed by atoms with E-state index in [4.69, 9.17) is 25.8 Å². The Morgan fingerprint density at radius 3 is 2.66 bits per heavy atom. The molecular formula is C26H23ClN4O4. The second-order valence-electron chi connectivity index (χ2n) is 7.99. The molecule has 9 heteroatoms. The van der Waals surface area contributed by atoms with Gasteiger partial charge >= 0.3 is 6.03 Å². The predicted octanol–water partition coefficient (Wildman–Crippen LogP) is 6.08. The molecule has 8 nitrogen and oxygen atoms in total. The van der Waals surface area contributed by atoms with Gasteiger partial charge in [-0.1, -0.05) is 17.7 Å². The van der Waals surface area contributed by atoms with E-state index >= 15 is 0 Å². The first-order valence-corrected chi connectivity index (χ1v) is 11.4. The van der Waals surface area contributed by atoms with Gasteiger partial charge < -0.3 is 19.5 Å². The number of nitrogens with zero attached hydrogens (tertiary/aromatic N) is 3. The van der Waals surface area contributed by atoms with Crippen LogP contribution in [0.25, 0.3) is 10.9 Å². The van der Waals surface area contributed by atoms with Crippen molar-refractivity contribution in [2.24, 2.45) is 0 Å². The van der Waals surface area contributed by atoms with Crippen LogP contribution >= 0.6 is 11.6 Å². The number of hydrogen-bond donors (Lipinski definition) is 1. The molecule has 1 aliphatic rings. The molecule has 1 aromatic heterocycles. The Bertz CT molecular complexity index is 1410. The van der Waals surface area contributed by atoms with E-state index in [0.717, 1.165) is 24.1 Å². The first-order valence-electron chi connectivity index (χ1n) is 11.1. The second-order valence-corrected chi connectivity index (χ2v) is 8.43. The normalized spacial score (nSPS) is 12.7. The molecule has 0 bridgehead atoms. The van der Waals surface area contributed by atoms with E-state index in [1.165, 1.54) is 6.33 Å². The fourth-order valence-corrected chi connectivity index (χ4v) is 4.35. The Morgan fingerprint density at radius 2 is 1.86 bits per heavy atom. The van der Waals surface area contributed by atoms with Gasteiger partial charge in [-0.25, -0.2) is 14.8 Å². The number of aromatic nitrogens is 2. The molecule has 0 atom stereocenters. The van der Waals surface area contributed by atoms with Gasteiger partial charge in [0.2, 0.25) is 5.88 Å². The highest BCUT2D eigenvalue weighted by atomic mass is 35.5. The molecule has 0 spiro atoms. The van der Waals surface area contributed by atoms with E-state index in [-0.39, 0.29) is 6.03 Å². The van der Waals surface area contributed by atoms with E-state index in [1.54, 1.807) is 49.5 Å². The number of amides is 2. The average Bonchev–Trinajstić information content (AvgIpc) is 2.87. The summed E-state index contributed by atoms with van der Waals surface area (Å²) >= 11 is 6.05. The Kier molecular flexibility index (Phi) is 6.29. The number of aryl methyl sites for hydroxylation is 1. The van der Waals surface area contributed by atoms with Gasteiger partial charge in [-0.2, -0.15) is 0 Å². The first kappa shape index (κ1) is 22.7. The maximum absolute atomic E-state index is 13.0. The Balaban J connectivity index is 1.41. The molecule has 35 heavy (non-hydrogen) atoms. The molecule has 1 N–H and O–H groups in total. The number of halogens is 1. The lowest BCUT2D eigenvalue weighted by molar-refractivity contribution is 0.256. The summed E-state index contributed by atoms with van der Waals surface area (Å²) in [6.45, 7) is 0.623. The van der Waals surface area contributed by atoms with Gasteiger partial charge in [0.25, 0.3) is 0 Å². The van der Waals surface area contributed by atoms with Crippen molar-refractivity contribution in [1.29, 1.82) is 0 Å². The van der Waals surface area contributed by atoms with Crippen LogP contribution < -0.4 is 24.4 Å². The molecule has 0 aliphatic carbocycles. The number of benzene rings is 3. The first-order chi connectivity index (χ1) is 17.1. The van der Waals surface area contributed by atoms with Crippen LogP contribution in [-0.4, -0.2) is 36.8 Å². The smallest absolute Gasteiger partial charge is 0.326 e. The number of nitrogens with one attached hydrogen (secondary N) is 1. The third-order valence-electron chi connectivity index (χ3n) is 5.81. The van der Waals surface area contributed by atoms with Crippen molar-refractivity contribution in [3.05, 3.63) is 71.5 Å². The van der Waals surface area contributed by atoms with E-state index < -0.39 is 0 Å². The summed E-state index contributed by atoms with van der Waals surface area (Å²) in [5.74, 6) is 2.17. The summed E-state index contributed by atoms with van der Waals surface area (Å²) in [4.78, 5) is 23.4. The molecule has 5 rings (SSSR count). The molecule has 2 heterocycles. The van der Waals surface area contributed by atoms with Crippen LogP contribution in [0.2, 0.25) is 5.02 Å². The number of hydrogen-bond acceptors (Lipinski definition) is 6. The lowest BCUT2D eigenvalue weighted by Crippen LogP contribution is -2.38. The summed E-state index contributed by atoms with van der Waals surface area (Å²) in [6.07, 6.45) is 3.12. The van der Waals surface area contributed by atoms with Gasteiger partial charge in [-0.3, -0.25) is 4.90 Å². The third-order valence-corrected chi connectivity index (χ3v) is 6.04. The van der Waals surface area contributed by atoms with Crippen molar-refractivity contribution < 1.29 is 19.0 Å². The fourth-order valence-electron chi connectivity index (χ4n) is 4.16. The lowest BCUT2D eigenvalue weighted by Gasteiger charge is -2.30. The van der Waals surface area contributed by atoms with Crippen molar-refractivity contribution in [2.75, 3.05) is 31.0 Å². The quantitative estimate of drug-likeness (QED) is 0.365. The minimum absolute atomic E-state index is 0.204. The minimum atomic E-state index is -0.204. The number of methoxy groups -OCH3 is 2. The van der Waals surface area contributed by atoms with Crippen LogP contribution in [0.5, 0.6) is 23.1 Å². The summed E-state index contributed by atoms with van der Waals surface area (Å²) in [5, 5.41) is 4.19. The summed E-state index contributed by atoms with van der Waals surface area (Å²) < 4.78 is 16.9. The van der Waals surface area contributed by atoms with Gasteiger partial charge in [0, 0.05) is 29.0 Å². The summed E-state index contributed by atoms with van der Waals surface area (Å²) in [7, 11) is 3.15. The number of carbonyl (C=O) groups excluding carboxylic acids is 1. The van der Waals surface area contributed by atoms with Gasteiger partial charge in [0.1, 0.15) is 12.1 Å². The highest BCUT2D eigenvalue weighted by Gasteiger charge is 2.23. The minimum Gasteiger partial charge on any atom is -0.493 e. The molecule has 2 amide bonds. The van der Waals surface area contributed by atoms with Crippen LogP contribution in [0.4, 0.5) is 16.2 Å². The third kappa shape index (κ3) is 4.65. The predicted molar refractivity (Wildman–Crippen MR) is 135 cm³/mol. The molecule has 0 unspecified atom stereocenters. The second kappa shape index (κ2) is 9.68. The van der Waals surface area contributed by atoms with Crippen LogP contribution in [0.3, 0.4) is 0 Å². The zero-order valence-electron chi connectivity index (χ0n) is 19.2. The number of rotatable bonds is 5. The van der Waals surface area contributed by atoms with E-state index in [1.807, 2.05) is 24.3 Å². The number of anilines is 2. The standard InChI is InChI=1S/C26H23ClN4O4/c1-33-23-13-20-21(14-24(23)34-2)28-15-29-25(20)35-19-8-9-22-16(11-19)5-4-10-31(22)26(32)30-18-7-3-6-17(27)12-18/h3,6-9,11-15H,4-5,10H2,1-2H3,(H,30,32). The summed E-state index contributed by atoms with van der Waals surface area (Å²) in [6, 6.07) is 16.1. The zero-order valence-corrected chi connectivity index (χ0v) is 20.0. The molecule has 0 saturated heterocycles. The highest BCUT2D eigenvalue weighted by Crippen LogP contribution is 2.37. The van der Waals surface area contributed by atoms with Gasteiger partial charge in [0.05, 0.1) is 25.1 Å². The molecule has 0 fully saturated rings. The molecule has 178 valence electrons. The number of fused-ring (bicyclic) bond motifs is 2. The van der Waals surface area contributed by atoms with E-state index in [0.29, 0.717) is 51.3 Å². The van der Waals surface area contributed by atoms with E-state index in [9.17, 15) is 4.79 Å². The highest BCUT2D eigenvalue weighted by molar-refractivity contribution is 6.30. The van der Waals surface area contributed by atoms with Crippen LogP contribution in [0.15, 0.2) is 60.9 Å². The van der Waals surface area contributed by atoms with Crippen molar-refractivity contribution in [1.82, 2.24) is 9.97 Å². The number of carbonyl (C=O) groups is 1.